The highest BCUT2D eigenvalue weighted by Gasteiger charge is 2.43. The van der Waals surface area contributed by atoms with Gasteiger partial charge >= 0.3 is 12.4 Å². The summed E-state index contributed by atoms with van der Waals surface area (Å²) >= 11 is 11.5. The fourth-order valence-electron chi connectivity index (χ4n) is 2.16. The highest BCUT2D eigenvalue weighted by molar-refractivity contribution is 7.91. The van der Waals surface area contributed by atoms with Gasteiger partial charge in [0.05, 0.1) is 21.4 Å². The second-order valence-electron chi connectivity index (χ2n) is 5.16. The smallest absolute Gasteiger partial charge is 0.382 e. The first-order chi connectivity index (χ1) is 12.1. The molecule has 0 amide bonds. The maximum Gasteiger partial charge on any atom is 0.436 e. The van der Waals surface area contributed by atoms with Crippen molar-refractivity contribution in [2.45, 2.75) is 24.2 Å². The van der Waals surface area contributed by atoms with Gasteiger partial charge in [0.25, 0.3) is 0 Å². The van der Waals surface area contributed by atoms with Crippen molar-refractivity contribution in [1.82, 2.24) is 9.78 Å². The molecule has 2 N–H and O–H groups in total. The van der Waals surface area contributed by atoms with Crippen molar-refractivity contribution in [1.29, 1.82) is 0 Å². The zero-order chi connectivity index (χ0) is 20.9. The molecule has 27 heavy (non-hydrogen) atoms. The predicted molar refractivity (Wildman–Crippen MR) is 85.7 cm³/mol. The number of benzene rings is 1. The van der Waals surface area contributed by atoms with Crippen LogP contribution in [0.15, 0.2) is 17.0 Å². The fourth-order valence-corrected chi connectivity index (χ4v) is 3.95. The van der Waals surface area contributed by atoms with Crippen molar-refractivity contribution in [3.05, 3.63) is 33.4 Å². The molecule has 0 spiro atoms. The van der Waals surface area contributed by atoms with Crippen molar-refractivity contribution >= 4 is 38.9 Å². The summed E-state index contributed by atoms with van der Waals surface area (Å²) in [6.07, 6.45) is -10.0. The summed E-state index contributed by atoms with van der Waals surface area (Å²) in [5, 5.41) is 1.67. The Morgan fingerprint density at radius 2 is 1.56 bits per heavy atom. The molecule has 1 aromatic heterocycles. The Morgan fingerprint density at radius 3 is 1.93 bits per heavy atom. The van der Waals surface area contributed by atoms with Crippen LogP contribution in [-0.2, 0) is 22.2 Å². The molecule has 2 aromatic rings. The third-order valence-corrected chi connectivity index (χ3v) is 5.75. The van der Waals surface area contributed by atoms with Crippen LogP contribution in [0.1, 0.15) is 18.2 Å². The summed E-state index contributed by atoms with van der Waals surface area (Å²) in [4.78, 5) is -1.30. The number of halogens is 8. The van der Waals surface area contributed by atoms with E-state index in [1.165, 1.54) is 0 Å². The zero-order valence-corrected chi connectivity index (χ0v) is 15.4. The average Bonchev–Trinajstić information content (AvgIpc) is 2.84. The average molecular weight is 456 g/mol. The van der Waals surface area contributed by atoms with Crippen LogP contribution >= 0.6 is 23.2 Å². The van der Waals surface area contributed by atoms with Crippen LogP contribution in [0.4, 0.5) is 32.2 Å². The van der Waals surface area contributed by atoms with Crippen LogP contribution in [0.5, 0.6) is 0 Å². The monoisotopic (exact) mass is 455 g/mol. The van der Waals surface area contributed by atoms with E-state index in [4.69, 9.17) is 28.9 Å². The van der Waals surface area contributed by atoms with E-state index in [2.05, 4.69) is 5.10 Å². The van der Waals surface area contributed by atoms with E-state index in [0.29, 0.717) is 12.1 Å². The highest BCUT2D eigenvalue weighted by Crippen LogP contribution is 2.42. The van der Waals surface area contributed by atoms with Gasteiger partial charge in [-0.25, -0.2) is 13.1 Å². The van der Waals surface area contributed by atoms with Gasteiger partial charge in [-0.05, 0) is 12.1 Å². The molecule has 1 aromatic carbocycles. The van der Waals surface area contributed by atoms with E-state index < -0.39 is 65.6 Å². The lowest BCUT2D eigenvalue weighted by Gasteiger charge is -2.13. The van der Waals surface area contributed by atoms with Gasteiger partial charge in [0, 0.05) is 0 Å². The van der Waals surface area contributed by atoms with Gasteiger partial charge in [-0.2, -0.15) is 31.4 Å². The van der Waals surface area contributed by atoms with Gasteiger partial charge in [-0.3, -0.25) is 0 Å². The minimum atomic E-state index is -5.21. The van der Waals surface area contributed by atoms with Crippen molar-refractivity contribution < 1.29 is 34.8 Å². The highest BCUT2D eigenvalue weighted by atomic mass is 35.5. The van der Waals surface area contributed by atoms with Gasteiger partial charge < -0.3 is 5.73 Å². The molecule has 0 aliphatic rings. The minimum Gasteiger partial charge on any atom is -0.382 e. The molecule has 0 aliphatic heterocycles. The molecule has 0 unspecified atom stereocenters. The molecule has 14 heteroatoms. The van der Waals surface area contributed by atoms with Gasteiger partial charge in [-0.15, -0.1) is 0 Å². The molecule has 0 bridgehead atoms. The number of nitrogens with zero attached hydrogens (tertiary/aromatic N) is 2. The SMILES string of the molecule is CCS(=O)(=O)c1c(C(F)(F)F)nn(-c2c(Cl)cc(C(F)(F)F)cc2Cl)c1N. The minimum absolute atomic E-state index is 0.260. The number of sulfone groups is 1. The van der Waals surface area contributed by atoms with Gasteiger partial charge in [-0.1, -0.05) is 30.1 Å². The second-order valence-corrected chi connectivity index (χ2v) is 8.19. The number of hydrogen-bond acceptors (Lipinski definition) is 4. The Kier molecular flexibility index (Phi) is 5.40. The Morgan fingerprint density at radius 1 is 1.07 bits per heavy atom. The molecule has 0 atom stereocenters. The summed E-state index contributed by atoms with van der Waals surface area (Å²) < 4.78 is 102. The molecule has 0 aliphatic carbocycles. The molecular weight excluding hydrogens is 447 g/mol. The maximum atomic E-state index is 13.2. The molecule has 150 valence electrons. The second kappa shape index (κ2) is 6.74. The van der Waals surface area contributed by atoms with Gasteiger partial charge in [0.1, 0.15) is 16.4 Å². The largest absolute Gasteiger partial charge is 0.436 e. The zero-order valence-electron chi connectivity index (χ0n) is 13.1. The maximum absolute atomic E-state index is 13.2. The molecular formula is C13H9Cl2F6N3O2S. The summed E-state index contributed by atoms with van der Waals surface area (Å²) in [5.41, 5.74) is 1.83. The number of nitrogens with two attached hydrogens (primary N) is 1. The quantitative estimate of drug-likeness (QED) is 0.686. The fraction of sp³-hybridized carbons (Fsp3) is 0.308. The molecule has 5 nitrogen and oxygen atoms in total. The number of nitrogen functional groups attached to an aromatic ring is 1. The number of aromatic nitrogens is 2. The first-order valence-corrected chi connectivity index (χ1v) is 9.27. The van der Waals surface area contributed by atoms with Crippen LogP contribution in [0.3, 0.4) is 0 Å². The van der Waals surface area contributed by atoms with E-state index in [-0.39, 0.29) is 4.68 Å². The third-order valence-electron chi connectivity index (χ3n) is 3.39. The summed E-state index contributed by atoms with van der Waals surface area (Å²) in [5.74, 6) is -1.70. The number of anilines is 1. The number of alkyl halides is 6. The lowest BCUT2D eigenvalue weighted by molar-refractivity contribution is -0.143. The topological polar surface area (TPSA) is 78.0 Å². The van der Waals surface area contributed by atoms with E-state index >= 15 is 0 Å². The Hall–Kier alpha value is -1.66. The lowest BCUT2D eigenvalue weighted by Crippen LogP contribution is -2.14. The molecule has 0 radical (unpaired) electrons. The van der Waals surface area contributed by atoms with Crippen LogP contribution < -0.4 is 5.73 Å². The summed E-state index contributed by atoms with van der Waals surface area (Å²) in [7, 11) is -4.48. The standard InChI is InChI=1S/C13H9Cl2F6N3O2S/c1-2-27(25,26)9-10(13(19,20)21)23-24(11(9)22)8-6(14)3-5(4-7(8)15)12(16,17)18/h3-4H,2,22H2,1H3. The van der Waals surface area contributed by atoms with E-state index in [1.807, 2.05) is 0 Å². The van der Waals surface area contributed by atoms with Crippen LogP contribution in [0, 0.1) is 0 Å². The third kappa shape index (κ3) is 3.97. The first kappa shape index (κ1) is 21.6. The van der Waals surface area contributed by atoms with Crippen molar-refractivity contribution in [2.75, 3.05) is 11.5 Å². The summed E-state index contributed by atoms with van der Waals surface area (Å²) in [6.45, 7) is 1.09. The Labute approximate surface area is 158 Å². The molecule has 2 rings (SSSR count). The summed E-state index contributed by atoms with van der Waals surface area (Å²) in [6, 6.07) is 0.816. The van der Waals surface area contributed by atoms with E-state index in [1.54, 1.807) is 0 Å². The normalized spacial score (nSPS) is 13.2. The lowest BCUT2D eigenvalue weighted by atomic mass is 10.2. The van der Waals surface area contributed by atoms with Gasteiger partial charge in [0.2, 0.25) is 0 Å². The predicted octanol–water partition coefficient (Wildman–Crippen LogP) is 4.59. The van der Waals surface area contributed by atoms with E-state index in [0.717, 1.165) is 6.92 Å². The van der Waals surface area contributed by atoms with Crippen LogP contribution in [0.2, 0.25) is 10.0 Å². The van der Waals surface area contributed by atoms with Crippen molar-refractivity contribution in [3.8, 4) is 5.69 Å². The molecule has 0 saturated carbocycles. The van der Waals surface area contributed by atoms with Crippen molar-refractivity contribution in [2.24, 2.45) is 0 Å². The van der Waals surface area contributed by atoms with E-state index in [9.17, 15) is 34.8 Å². The molecule has 0 saturated heterocycles. The first-order valence-electron chi connectivity index (χ1n) is 6.86. The Balaban J connectivity index is 2.86. The van der Waals surface area contributed by atoms with Gasteiger partial charge in [0.15, 0.2) is 15.5 Å². The number of rotatable bonds is 3. The Bertz CT molecular complexity index is 976. The molecule has 0 fully saturated rings. The van der Waals surface area contributed by atoms with Crippen LogP contribution in [0.25, 0.3) is 5.69 Å². The van der Waals surface area contributed by atoms with Crippen molar-refractivity contribution in [3.63, 3.8) is 0 Å². The number of hydrogen-bond donors (Lipinski definition) is 1. The molecule has 1 heterocycles. The van der Waals surface area contributed by atoms with Crippen LogP contribution in [-0.4, -0.2) is 24.0 Å².